The van der Waals surface area contributed by atoms with Crippen LogP contribution in [0.2, 0.25) is 0 Å². The third kappa shape index (κ3) is 17.7. The topological polar surface area (TPSA) is 12.4 Å². The Bertz CT molecular complexity index is 122. The largest absolute Gasteiger partial charge is 0.268 e. The Morgan fingerprint density at radius 1 is 1.36 bits per heavy atom. The molecule has 1 nitrogen and oxygen atoms in total. The fourth-order valence-corrected chi connectivity index (χ4v) is 0.390. The zero-order valence-corrected chi connectivity index (χ0v) is 9.02. The van der Waals surface area contributed by atoms with Crippen molar-refractivity contribution in [3.8, 4) is 0 Å². The minimum atomic E-state index is 0.522. The molecule has 11 heavy (non-hydrogen) atoms. The van der Waals surface area contributed by atoms with Gasteiger partial charge >= 0.3 is 0 Å². The van der Waals surface area contributed by atoms with Crippen LogP contribution in [0.5, 0.6) is 0 Å². The molecular weight excluding hydrogens is 154 g/mol. The van der Waals surface area contributed by atoms with Gasteiger partial charge in [0, 0.05) is 12.4 Å². The van der Waals surface area contributed by atoms with E-state index in [0.717, 1.165) is 4.91 Å². The van der Waals surface area contributed by atoms with E-state index in [4.69, 9.17) is 0 Å². The van der Waals surface area contributed by atoms with E-state index in [1.54, 1.807) is 6.20 Å². The van der Waals surface area contributed by atoms with Gasteiger partial charge in [-0.2, -0.15) is 0 Å². The molecule has 0 aromatic carbocycles. The molecule has 0 saturated heterocycles. The summed E-state index contributed by atoms with van der Waals surface area (Å²) in [5, 5.41) is 0. The van der Waals surface area contributed by atoms with Crippen molar-refractivity contribution in [3.63, 3.8) is 0 Å². The van der Waals surface area contributed by atoms with Gasteiger partial charge in [0.2, 0.25) is 0 Å². The first-order valence-electron chi connectivity index (χ1n) is 4.02. The highest BCUT2D eigenvalue weighted by atomic mass is 32.1. The molecule has 0 aromatic rings. The lowest BCUT2D eigenvalue weighted by atomic mass is 10.3. The van der Waals surface area contributed by atoms with Crippen LogP contribution in [-0.4, -0.2) is 6.21 Å². The zero-order chi connectivity index (χ0) is 9.28. The van der Waals surface area contributed by atoms with E-state index in [2.05, 4.69) is 31.5 Å². The summed E-state index contributed by atoms with van der Waals surface area (Å²) in [5.41, 5.74) is 0. The maximum atomic E-state index is 4.05. The van der Waals surface area contributed by atoms with E-state index in [-0.39, 0.29) is 0 Å². The average molecular weight is 173 g/mol. The third-order valence-electron chi connectivity index (χ3n) is 0.646. The highest BCUT2D eigenvalue weighted by Gasteiger charge is 1.80. The van der Waals surface area contributed by atoms with Gasteiger partial charge in [-0.25, -0.2) is 0 Å². The molecule has 0 aliphatic carbocycles. The number of thiol groups is 1. The second kappa shape index (κ2) is 9.76. The summed E-state index contributed by atoms with van der Waals surface area (Å²) in [5.74, 6) is 0.522. The van der Waals surface area contributed by atoms with Gasteiger partial charge in [0.25, 0.3) is 0 Å². The van der Waals surface area contributed by atoms with Gasteiger partial charge in [-0.05, 0) is 17.7 Å². The normalized spacial score (nSPS) is 11.7. The van der Waals surface area contributed by atoms with Gasteiger partial charge in [-0.1, -0.05) is 27.7 Å². The summed E-state index contributed by atoms with van der Waals surface area (Å²) in [6.07, 6.45) is 3.63. The van der Waals surface area contributed by atoms with Crippen LogP contribution >= 0.6 is 12.6 Å². The Labute approximate surface area is 76.0 Å². The van der Waals surface area contributed by atoms with Gasteiger partial charge < -0.3 is 0 Å². The first kappa shape index (κ1) is 13.4. The van der Waals surface area contributed by atoms with Crippen molar-refractivity contribution in [3.05, 3.63) is 11.1 Å². The van der Waals surface area contributed by atoms with Gasteiger partial charge in [0.1, 0.15) is 0 Å². The lowest BCUT2D eigenvalue weighted by Gasteiger charge is -1.88. The highest BCUT2D eigenvalue weighted by molar-refractivity contribution is 7.84. The van der Waals surface area contributed by atoms with Crippen molar-refractivity contribution < 1.29 is 0 Å². The van der Waals surface area contributed by atoms with Crippen LogP contribution in [-0.2, 0) is 0 Å². The average Bonchev–Trinajstić information content (AvgIpc) is 1.90. The standard InChI is InChI=1S/C7H13NS.C2H6/c1-6(2)4-8-5-7(3)9;1-2/h4-6,9H,1-3H3;1-2H3/b7-5-,8-4?;. The third-order valence-corrected chi connectivity index (χ3v) is 0.761. The molecule has 0 atom stereocenters. The Morgan fingerprint density at radius 2 is 1.82 bits per heavy atom. The van der Waals surface area contributed by atoms with Gasteiger partial charge in [-0.3, -0.25) is 4.99 Å². The first-order valence-corrected chi connectivity index (χ1v) is 4.46. The number of nitrogens with zero attached hydrogens (tertiary/aromatic N) is 1. The second-order valence-corrected chi connectivity index (χ2v) is 3.02. The number of allylic oxidation sites excluding steroid dienone is 1. The van der Waals surface area contributed by atoms with E-state index >= 15 is 0 Å². The van der Waals surface area contributed by atoms with Gasteiger partial charge in [0.15, 0.2) is 0 Å². The molecule has 0 N–H and O–H groups in total. The molecule has 0 spiro atoms. The molecule has 0 fully saturated rings. The molecule has 0 heterocycles. The summed E-state index contributed by atoms with van der Waals surface area (Å²) in [7, 11) is 0. The Kier molecular flexibility index (Phi) is 11.9. The quantitative estimate of drug-likeness (QED) is 0.484. The molecule has 0 amide bonds. The molecule has 0 aliphatic heterocycles. The Morgan fingerprint density at radius 3 is 2.09 bits per heavy atom. The second-order valence-electron chi connectivity index (χ2n) is 2.31. The van der Waals surface area contributed by atoms with Crippen LogP contribution in [0.15, 0.2) is 16.1 Å². The number of hydrogen-bond acceptors (Lipinski definition) is 2. The first-order chi connectivity index (χ1) is 5.13. The summed E-state index contributed by atoms with van der Waals surface area (Å²) in [6, 6.07) is 0. The van der Waals surface area contributed by atoms with Crippen molar-refractivity contribution in [1.29, 1.82) is 0 Å². The smallest absolute Gasteiger partial charge is 0.0353 e. The van der Waals surface area contributed by atoms with Crippen molar-refractivity contribution in [2.45, 2.75) is 34.6 Å². The van der Waals surface area contributed by atoms with Crippen LogP contribution in [0.3, 0.4) is 0 Å². The van der Waals surface area contributed by atoms with Crippen LogP contribution in [0.1, 0.15) is 34.6 Å². The van der Waals surface area contributed by atoms with Crippen molar-refractivity contribution in [1.82, 2.24) is 0 Å². The highest BCUT2D eigenvalue weighted by Crippen LogP contribution is 1.96. The number of hydrogen-bond donors (Lipinski definition) is 1. The molecule has 0 saturated carbocycles. The maximum Gasteiger partial charge on any atom is 0.0353 e. The molecule has 0 rings (SSSR count). The molecule has 0 bridgehead atoms. The van der Waals surface area contributed by atoms with Crippen LogP contribution in [0.25, 0.3) is 0 Å². The van der Waals surface area contributed by atoms with E-state index < -0.39 is 0 Å². The molecule has 0 aliphatic rings. The fraction of sp³-hybridized carbons (Fsp3) is 0.667. The number of aliphatic imine (C=N–C) groups is 1. The lowest BCUT2D eigenvalue weighted by Crippen LogP contribution is -1.84. The van der Waals surface area contributed by atoms with Crippen molar-refractivity contribution in [2.75, 3.05) is 0 Å². The fourth-order valence-electron chi connectivity index (χ4n) is 0.323. The minimum absolute atomic E-state index is 0.522. The monoisotopic (exact) mass is 173 g/mol. The summed E-state index contributed by atoms with van der Waals surface area (Å²) in [4.78, 5) is 4.94. The summed E-state index contributed by atoms with van der Waals surface area (Å²) in [6.45, 7) is 10.1. The lowest BCUT2D eigenvalue weighted by molar-refractivity contribution is 0.907. The van der Waals surface area contributed by atoms with E-state index in [0.29, 0.717) is 5.92 Å². The van der Waals surface area contributed by atoms with Crippen LogP contribution in [0.4, 0.5) is 0 Å². The molecule has 2 heteroatoms. The molecule has 0 radical (unpaired) electrons. The van der Waals surface area contributed by atoms with Crippen molar-refractivity contribution in [2.24, 2.45) is 10.9 Å². The van der Waals surface area contributed by atoms with Crippen LogP contribution in [0, 0.1) is 5.92 Å². The molecule has 0 unspecified atom stereocenters. The zero-order valence-electron chi connectivity index (χ0n) is 8.13. The predicted molar refractivity (Wildman–Crippen MR) is 57.4 cm³/mol. The van der Waals surface area contributed by atoms with Gasteiger partial charge in [0.05, 0.1) is 0 Å². The van der Waals surface area contributed by atoms with Crippen LogP contribution < -0.4 is 0 Å². The van der Waals surface area contributed by atoms with E-state index in [9.17, 15) is 0 Å². The Balaban J connectivity index is 0. The van der Waals surface area contributed by atoms with Gasteiger partial charge in [-0.15, -0.1) is 12.6 Å². The summed E-state index contributed by atoms with van der Waals surface area (Å²) >= 11 is 4.05. The molecule has 66 valence electrons. The van der Waals surface area contributed by atoms with E-state index in [1.807, 2.05) is 27.0 Å². The molecular formula is C9H19NS. The minimum Gasteiger partial charge on any atom is -0.268 e. The molecule has 0 aromatic heterocycles. The maximum absolute atomic E-state index is 4.05. The van der Waals surface area contributed by atoms with Crippen molar-refractivity contribution >= 4 is 18.8 Å². The Hall–Kier alpha value is -0.240. The summed E-state index contributed by atoms with van der Waals surface area (Å²) < 4.78 is 0. The number of rotatable bonds is 2. The van der Waals surface area contributed by atoms with E-state index in [1.165, 1.54) is 0 Å². The predicted octanol–water partition coefficient (Wildman–Crippen LogP) is 3.53. The SMILES string of the molecule is C/C(S)=C/N=CC(C)C.CC.